The summed E-state index contributed by atoms with van der Waals surface area (Å²) in [5.74, 6) is -0.982. The van der Waals surface area contributed by atoms with Gasteiger partial charge in [0.05, 0.1) is 7.11 Å². The van der Waals surface area contributed by atoms with E-state index in [0.717, 1.165) is 4.68 Å². The molecule has 3 aromatic rings. The van der Waals surface area contributed by atoms with E-state index < -0.39 is 17.7 Å². The Morgan fingerprint density at radius 1 is 1.17 bits per heavy atom. The minimum absolute atomic E-state index is 0.000962. The number of rotatable bonds is 6. The monoisotopic (exact) mass is 506 g/mol. The van der Waals surface area contributed by atoms with Crippen LogP contribution in [0.5, 0.6) is 5.75 Å². The summed E-state index contributed by atoms with van der Waals surface area (Å²) in [4.78, 5) is 40.0. The summed E-state index contributed by atoms with van der Waals surface area (Å²) >= 11 is 11.0. The molecule has 1 aromatic heterocycles. The second-order valence-electron chi connectivity index (χ2n) is 7.44. The van der Waals surface area contributed by atoms with Gasteiger partial charge in [0.1, 0.15) is 17.0 Å². The Kier molecular flexibility index (Phi) is 6.90. The predicted octanol–water partition coefficient (Wildman–Crippen LogP) is 3.71. The molecule has 1 N–H and O–H groups in total. The van der Waals surface area contributed by atoms with E-state index in [-0.39, 0.29) is 17.2 Å². The first-order valence-electron chi connectivity index (χ1n) is 10.4. The van der Waals surface area contributed by atoms with E-state index in [1.165, 1.54) is 23.2 Å². The summed E-state index contributed by atoms with van der Waals surface area (Å²) in [6.45, 7) is 3.76. The Balaban J connectivity index is 1.82. The van der Waals surface area contributed by atoms with Crippen molar-refractivity contribution >= 4 is 52.7 Å². The topological polar surface area (TPSA) is 93.5 Å². The van der Waals surface area contributed by atoms with E-state index in [1.807, 2.05) is 0 Å². The molecule has 0 atom stereocenters. The van der Waals surface area contributed by atoms with Crippen molar-refractivity contribution in [1.82, 2.24) is 20.0 Å². The molecule has 0 saturated carbocycles. The van der Waals surface area contributed by atoms with E-state index >= 15 is 0 Å². The maximum absolute atomic E-state index is 13.1. The lowest BCUT2D eigenvalue weighted by atomic mass is 10.0. The molecule has 0 bridgehead atoms. The molecule has 1 aliphatic heterocycles. The zero-order valence-electron chi connectivity index (χ0n) is 18.5. The first-order valence-corrected chi connectivity index (χ1v) is 11.1. The molecule has 1 fully saturated rings. The van der Waals surface area contributed by atoms with Crippen LogP contribution in [0.25, 0.3) is 17.3 Å². The maximum atomic E-state index is 13.1. The minimum Gasteiger partial charge on any atom is -0.497 e. The fraction of sp³-hybridized carbons (Fsp3) is 0.0800. The molecule has 4 rings (SSSR count). The van der Waals surface area contributed by atoms with Crippen molar-refractivity contribution in [3.05, 3.63) is 89.1 Å². The zero-order chi connectivity index (χ0) is 25.1. The second kappa shape index (κ2) is 10.0. The molecule has 0 spiro atoms. The lowest BCUT2D eigenvalue weighted by molar-refractivity contribution is -0.128. The van der Waals surface area contributed by atoms with Crippen molar-refractivity contribution in [3.63, 3.8) is 0 Å². The number of benzene rings is 2. The summed E-state index contributed by atoms with van der Waals surface area (Å²) in [7, 11) is 1.55. The van der Waals surface area contributed by atoms with Crippen LogP contribution < -0.4 is 10.1 Å². The number of aromatic nitrogens is 2. The van der Waals surface area contributed by atoms with E-state index in [2.05, 4.69) is 17.0 Å². The van der Waals surface area contributed by atoms with Crippen LogP contribution in [-0.2, 0) is 9.59 Å². The van der Waals surface area contributed by atoms with Gasteiger partial charge in [0, 0.05) is 34.5 Å². The molecule has 176 valence electrons. The number of hydrogen-bond acceptors (Lipinski definition) is 6. The van der Waals surface area contributed by atoms with Gasteiger partial charge in [-0.05, 0) is 66.8 Å². The van der Waals surface area contributed by atoms with Crippen molar-refractivity contribution in [2.75, 3.05) is 13.7 Å². The van der Waals surface area contributed by atoms with Gasteiger partial charge in [-0.1, -0.05) is 17.7 Å². The minimum atomic E-state index is -0.641. The standard InChI is InChI=1S/C25H19ClN4O4S/c1-3-12-29-24(33)20(22(31)27-25(29)35)13-17-14-30(23(32)16-4-8-18(26)9-5-16)28-21(17)15-6-10-19(34-2)11-7-15/h3-11,13-14H,1,12H2,2H3,(H,27,31,35). The van der Waals surface area contributed by atoms with Gasteiger partial charge in [-0.3, -0.25) is 24.6 Å². The average molecular weight is 507 g/mol. The summed E-state index contributed by atoms with van der Waals surface area (Å²) in [6, 6.07) is 13.4. The largest absolute Gasteiger partial charge is 0.497 e. The van der Waals surface area contributed by atoms with Gasteiger partial charge in [-0.25, -0.2) is 4.68 Å². The Morgan fingerprint density at radius 2 is 1.86 bits per heavy atom. The van der Waals surface area contributed by atoms with Gasteiger partial charge in [-0.15, -0.1) is 6.58 Å². The quantitative estimate of drug-likeness (QED) is 0.237. The SMILES string of the molecule is C=CCN1C(=O)C(=Cc2cn(C(=O)c3ccc(Cl)cc3)nc2-c2ccc(OC)cc2)C(=O)NC1=S. The van der Waals surface area contributed by atoms with Crippen LogP contribution >= 0.6 is 23.8 Å². The number of hydrogen-bond donors (Lipinski definition) is 1. The number of thiocarbonyl (C=S) groups is 1. The summed E-state index contributed by atoms with van der Waals surface area (Å²) in [6.07, 6.45) is 4.37. The average Bonchev–Trinajstić information content (AvgIpc) is 3.28. The van der Waals surface area contributed by atoms with Gasteiger partial charge in [0.2, 0.25) is 0 Å². The van der Waals surface area contributed by atoms with Crippen molar-refractivity contribution < 1.29 is 19.1 Å². The highest BCUT2D eigenvalue weighted by Gasteiger charge is 2.33. The van der Waals surface area contributed by atoms with Crippen LogP contribution in [0.15, 0.2) is 73.0 Å². The molecule has 1 aliphatic rings. The van der Waals surface area contributed by atoms with Crippen LogP contribution in [0.2, 0.25) is 5.02 Å². The van der Waals surface area contributed by atoms with E-state index in [4.69, 9.17) is 28.6 Å². The fourth-order valence-corrected chi connectivity index (χ4v) is 3.82. The molecule has 0 unspecified atom stereocenters. The summed E-state index contributed by atoms with van der Waals surface area (Å²) in [5.41, 5.74) is 1.66. The molecule has 10 heteroatoms. The number of amides is 2. The smallest absolute Gasteiger partial charge is 0.278 e. The highest BCUT2D eigenvalue weighted by molar-refractivity contribution is 7.80. The number of carbonyl (C=O) groups is 3. The highest BCUT2D eigenvalue weighted by atomic mass is 35.5. The third-order valence-electron chi connectivity index (χ3n) is 5.20. The van der Waals surface area contributed by atoms with Crippen LogP contribution in [-0.4, -0.2) is 51.2 Å². The van der Waals surface area contributed by atoms with Crippen molar-refractivity contribution in [1.29, 1.82) is 0 Å². The normalized spacial score (nSPS) is 14.7. The Labute approximate surface area is 211 Å². The Hall–Kier alpha value is -4.08. The summed E-state index contributed by atoms with van der Waals surface area (Å²) < 4.78 is 6.37. The summed E-state index contributed by atoms with van der Waals surface area (Å²) in [5, 5.41) is 7.48. The van der Waals surface area contributed by atoms with Crippen LogP contribution in [0.3, 0.4) is 0 Å². The van der Waals surface area contributed by atoms with Crippen LogP contribution in [0, 0.1) is 0 Å². The van der Waals surface area contributed by atoms with Gasteiger partial charge in [-0.2, -0.15) is 5.10 Å². The Morgan fingerprint density at radius 3 is 2.49 bits per heavy atom. The van der Waals surface area contributed by atoms with Gasteiger partial charge < -0.3 is 4.74 Å². The first kappa shape index (κ1) is 24.1. The molecule has 0 radical (unpaired) electrons. The second-order valence-corrected chi connectivity index (χ2v) is 8.26. The van der Waals surface area contributed by atoms with Crippen molar-refractivity contribution in [2.45, 2.75) is 0 Å². The van der Waals surface area contributed by atoms with E-state index in [0.29, 0.717) is 33.2 Å². The highest BCUT2D eigenvalue weighted by Crippen LogP contribution is 2.27. The number of nitrogens with zero attached hydrogens (tertiary/aromatic N) is 3. The molecule has 2 amide bonds. The predicted molar refractivity (Wildman–Crippen MR) is 136 cm³/mol. The van der Waals surface area contributed by atoms with Crippen molar-refractivity contribution in [2.24, 2.45) is 0 Å². The molecule has 1 saturated heterocycles. The van der Waals surface area contributed by atoms with Crippen LogP contribution in [0.4, 0.5) is 0 Å². The fourth-order valence-electron chi connectivity index (χ4n) is 3.44. The van der Waals surface area contributed by atoms with Gasteiger partial charge >= 0.3 is 0 Å². The Bertz CT molecular complexity index is 1380. The zero-order valence-corrected chi connectivity index (χ0v) is 20.1. The molecule has 8 nitrogen and oxygen atoms in total. The molecule has 2 aromatic carbocycles. The van der Waals surface area contributed by atoms with E-state index in [1.54, 1.807) is 55.6 Å². The first-order chi connectivity index (χ1) is 16.8. The van der Waals surface area contributed by atoms with Crippen LogP contribution in [0.1, 0.15) is 15.9 Å². The van der Waals surface area contributed by atoms with E-state index in [9.17, 15) is 14.4 Å². The third kappa shape index (κ3) is 4.91. The lowest BCUT2D eigenvalue weighted by Gasteiger charge is -2.27. The number of carbonyl (C=O) groups excluding carboxylic acids is 3. The number of ether oxygens (including phenoxy) is 1. The molecule has 35 heavy (non-hydrogen) atoms. The van der Waals surface area contributed by atoms with Crippen molar-refractivity contribution in [3.8, 4) is 17.0 Å². The lowest BCUT2D eigenvalue weighted by Crippen LogP contribution is -2.53. The molecular weight excluding hydrogens is 488 g/mol. The number of halogens is 1. The third-order valence-corrected chi connectivity index (χ3v) is 5.78. The molecule has 0 aliphatic carbocycles. The number of methoxy groups -OCH3 is 1. The van der Waals surface area contributed by atoms with Gasteiger partial charge in [0.25, 0.3) is 17.7 Å². The molecular formula is C25H19ClN4O4S. The maximum Gasteiger partial charge on any atom is 0.278 e. The molecule has 2 heterocycles. The van der Waals surface area contributed by atoms with Gasteiger partial charge in [0.15, 0.2) is 5.11 Å². The number of nitrogens with one attached hydrogen (secondary N) is 1.